The number of nitrogens with zero attached hydrogens (tertiary/aromatic N) is 1. The van der Waals surface area contributed by atoms with E-state index < -0.39 is 34.9 Å². The standard InChI is InChI=1S/C23H24N4O5/c1-12(2)19(23(29)30)26-22(28)18-11-16-15-5-3-4-6-17(15)24-21(16)20(25-18)13-7-9-14(10-8-13)27(31)32/h3-10,12,18-20,24-25H,11H2,1-2H3,(H,26,28)(H,29,30)/t18-,19-,20+/m0/s1. The number of aliphatic carboxylic acids is 1. The number of nitro benzene ring substituents is 1. The number of carboxylic acids is 1. The van der Waals surface area contributed by atoms with Gasteiger partial charge in [-0.2, -0.15) is 0 Å². The number of H-pyrrole nitrogens is 1. The molecule has 0 unspecified atom stereocenters. The van der Waals surface area contributed by atoms with Gasteiger partial charge in [0, 0.05) is 28.7 Å². The zero-order valence-corrected chi connectivity index (χ0v) is 17.7. The number of fused-ring (bicyclic) bond motifs is 3. The van der Waals surface area contributed by atoms with Crippen LogP contribution in [0.5, 0.6) is 0 Å². The van der Waals surface area contributed by atoms with Crippen LogP contribution in [-0.4, -0.2) is 39.0 Å². The lowest BCUT2D eigenvalue weighted by Crippen LogP contribution is -2.54. The van der Waals surface area contributed by atoms with Crippen LogP contribution in [-0.2, 0) is 16.0 Å². The Morgan fingerprint density at radius 2 is 1.84 bits per heavy atom. The van der Waals surface area contributed by atoms with Gasteiger partial charge in [-0.15, -0.1) is 0 Å². The van der Waals surface area contributed by atoms with E-state index in [-0.39, 0.29) is 11.6 Å². The molecule has 3 atom stereocenters. The molecule has 0 bridgehead atoms. The molecule has 0 radical (unpaired) electrons. The first-order valence-corrected chi connectivity index (χ1v) is 10.4. The smallest absolute Gasteiger partial charge is 0.326 e. The summed E-state index contributed by atoms with van der Waals surface area (Å²) in [6.07, 6.45) is 0.388. The second-order valence-corrected chi connectivity index (χ2v) is 8.34. The lowest BCUT2D eigenvalue weighted by atomic mass is 9.89. The molecule has 0 saturated carbocycles. The molecule has 0 fully saturated rings. The molecule has 0 aliphatic carbocycles. The molecule has 4 N–H and O–H groups in total. The minimum absolute atomic E-state index is 0.0167. The van der Waals surface area contributed by atoms with Gasteiger partial charge >= 0.3 is 5.97 Å². The number of nitrogens with one attached hydrogen (secondary N) is 3. The van der Waals surface area contributed by atoms with Crippen LogP contribution in [0, 0.1) is 16.0 Å². The lowest BCUT2D eigenvalue weighted by Gasteiger charge is -2.32. The van der Waals surface area contributed by atoms with Gasteiger partial charge in [-0.1, -0.05) is 44.2 Å². The molecule has 2 heterocycles. The van der Waals surface area contributed by atoms with Crippen molar-refractivity contribution in [1.29, 1.82) is 0 Å². The molecular formula is C23H24N4O5. The van der Waals surface area contributed by atoms with Crippen molar-refractivity contribution in [1.82, 2.24) is 15.6 Å². The van der Waals surface area contributed by atoms with Crippen molar-refractivity contribution in [3.05, 3.63) is 75.5 Å². The second kappa shape index (κ2) is 8.43. The number of nitro groups is 1. The van der Waals surface area contributed by atoms with E-state index in [0.29, 0.717) is 6.42 Å². The van der Waals surface area contributed by atoms with Crippen molar-refractivity contribution in [2.24, 2.45) is 5.92 Å². The quantitative estimate of drug-likeness (QED) is 0.346. The molecule has 166 valence electrons. The molecule has 1 aliphatic heterocycles. The van der Waals surface area contributed by atoms with Crippen molar-refractivity contribution in [2.45, 2.75) is 38.4 Å². The Morgan fingerprint density at radius 3 is 2.47 bits per heavy atom. The number of benzene rings is 2. The van der Waals surface area contributed by atoms with Crippen LogP contribution in [0.3, 0.4) is 0 Å². The summed E-state index contributed by atoms with van der Waals surface area (Å²) in [6, 6.07) is 11.9. The average molecular weight is 436 g/mol. The molecule has 9 heteroatoms. The van der Waals surface area contributed by atoms with Gasteiger partial charge in [0.2, 0.25) is 5.91 Å². The maximum atomic E-state index is 13.1. The van der Waals surface area contributed by atoms with Gasteiger partial charge in [0.1, 0.15) is 6.04 Å². The largest absolute Gasteiger partial charge is 0.480 e. The van der Waals surface area contributed by atoms with E-state index in [1.165, 1.54) is 12.1 Å². The van der Waals surface area contributed by atoms with Crippen molar-refractivity contribution in [2.75, 3.05) is 0 Å². The first kappa shape index (κ1) is 21.5. The number of carboxylic acid groups (broad SMARTS) is 1. The van der Waals surface area contributed by atoms with Crippen LogP contribution in [0.1, 0.15) is 36.7 Å². The van der Waals surface area contributed by atoms with Gasteiger partial charge < -0.3 is 15.4 Å². The summed E-state index contributed by atoms with van der Waals surface area (Å²) < 4.78 is 0. The Kier molecular flexibility index (Phi) is 5.67. The zero-order valence-electron chi connectivity index (χ0n) is 17.7. The number of non-ortho nitro benzene ring substituents is 1. The third-order valence-electron chi connectivity index (χ3n) is 5.90. The summed E-state index contributed by atoms with van der Waals surface area (Å²) in [5.74, 6) is -1.74. The van der Waals surface area contributed by atoms with E-state index in [0.717, 1.165) is 27.7 Å². The van der Waals surface area contributed by atoms with Crippen LogP contribution in [0.25, 0.3) is 10.9 Å². The summed E-state index contributed by atoms with van der Waals surface area (Å²) in [5, 5.41) is 27.5. The van der Waals surface area contributed by atoms with E-state index in [4.69, 9.17) is 0 Å². The van der Waals surface area contributed by atoms with Crippen LogP contribution in [0.4, 0.5) is 5.69 Å². The Hall–Kier alpha value is -3.72. The molecule has 1 aromatic heterocycles. The first-order chi connectivity index (χ1) is 15.3. The molecule has 3 aromatic rings. The number of amides is 1. The highest BCUT2D eigenvalue weighted by molar-refractivity contribution is 5.90. The molecular weight excluding hydrogens is 412 g/mol. The Morgan fingerprint density at radius 1 is 1.16 bits per heavy atom. The minimum atomic E-state index is -1.08. The molecule has 0 spiro atoms. The van der Waals surface area contributed by atoms with E-state index in [9.17, 15) is 24.8 Å². The number of hydrogen-bond acceptors (Lipinski definition) is 5. The molecule has 4 rings (SSSR count). The monoisotopic (exact) mass is 436 g/mol. The lowest BCUT2D eigenvalue weighted by molar-refractivity contribution is -0.384. The Bertz CT molecular complexity index is 1180. The van der Waals surface area contributed by atoms with Gasteiger partial charge in [0.05, 0.1) is 17.0 Å². The third kappa shape index (κ3) is 3.94. The van der Waals surface area contributed by atoms with E-state index in [1.807, 2.05) is 24.3 Å². The number of rotatable bonds is 6. The fourth-order valence-corrected chi connectivity index (χ4v) is 4.22. The maximum absolute atomic E-state index is 13.1. The number of carbonyl (C=O) groups is 2. The van der Waals surface area contributed by atoms with Gasteiger partial charge in [-0.05, 0) is 29.5 Å². The van der Waals surface area contributed by atoms with Gasteiger partial charge in [0.15, 0.2) is 0 Å². The molecule has 0 saturated heterocycles. The van der Waals surface area contributed by atoms with Crippen molar-refractivity contribution in [3.8, 4) is 0 Å². The van der Waals surface area contributed by atoms with Crippen LogP contribution >= 0.6 is 0 Å². The Labute approximate surface area is 184 Å². The average Bonchev–Trinajstić information content (AvgIpc) is 3.15. The summed E-state index contributed by atoms with van der Waals surface area (Å²) in [7, 11) is 0. The normalized spacial score (nSPS) is 18.8. The highest BCUT2D eigenvalue weighted by Gasteiger charge is 2.36. The van der Waals surface area contributed by atoms with Crippen LogP contribution < -0.4 is 10.6 Å². The second-order valence-electron chi connectivity index (χ2n) is 8.34. The topological polar surface area (TPSA) is 137 Å². The maximum Gasteiger partial charge on any atom is 0.326 e. The molecule has 9 nitrogen and oxygen atoms in total. The van der Waals surface area contributed by atoms with E-state index in [2.05, 4.69) is 15.6 Å². The number of aromatic amines is 1. The van der Waals surface area contributed by atoms with Crippen molar-refractivity contribution in [3.63, 3.8) is 0 Å². The Balaban J connectivity index is 1.72. The van der Waals surface area contributed by atoms with Gasteiger partial charge in [-0.25, -0.2) is 4.79 Å². The highest BCUT2D eigenvalue weighted by atomic mass is 16.6. The number of hydrogen-bond donors (Lipinski definition) is 4. The molecule has 1 aliphatic rings. The number of para-hydroxylation sites is 1. The first-order valence-electron chi connectivity index (χ1n) is 10.4. The molecule has 2 aromatic carbocycles. The molecule has 32 heavy (non-hydrogen) atoms. The fraction of sp³-hybridized carbons (Fsp3) is 0.304. The van der Waals surface area contributed by atoms with Gasteiger partial charge in [-0.3, -0.25) is 20.2 Å². The van der Waals surface area contributed by atoms with Crippen molar-refractivity contribution >= 4 is 28.5 Å². The fourth-order valence-electron chi connectivity index (χ4n) is 4.22. The van der Waals surface area contributed by atoms with Crippen molar-refractivity contribution < 1.29 is 19.6 Å². The summed E-state index contributed by atoms with van der Waals surface area (Å²) in [5.41, 5.74) is 3.54. The highest BCUT2D eigenvalue weighted by Crippen LogP contribution is 2.35. The van der Waals surface area contributed by atoms with Crippen LogP contribution in [0.15, 0.2) is 48.5 Å². The molecule has 1 amide bonds. The van der Waals surface area contributed by atoms with E-state index >= 15 is 0 Å². The summed E-state index contributed by atoms with van der Waals surface area (Å²) >= 11 is 0. The van der Waals surface area contributed by atoms with Gasteiger partial charge in [0.25, 0.3) is 5.69 Å². The minimum Gasteiger partial charge on any atom is -0.480 e. The summed E-state index contributed by atoms with van der Waals surface area (Å²) in [4.78, 5) is 38.6. The number of carbonyl (C=O) groups excluding carboxylic acids is 1. The predicted molar refractivity (Wildman–Crippen MR) is 118 cm³/mol. The van der Waals surface area contributed by atoms with E-state index in [1.54, 1.807) is 26.0 Å². The van der Waals surface area contributed by atoms with Crippen LogP contribution in [0.2, 0.25) is 0 Å². The number of aromatic nitrogens is 1. The zero-order chi connectivity index (χ0) is 23.0. The predicted octanol–water partition coefficient (Wildman–Crippen LogP) is 2.91. The third-order valence-corrected chi connectivity index (χ3v) is 5.90. The SMILES string of the molecule is CC(C)[C@H](NC(=O)[C@@H]1Cc2c([nH]c3ccccc23)[C@@H](c2ccc([N+](=O)[O-])cc2)N1)C(=O)O. The summed E-state index contributed by atoms with van der Waals surface area (Å²) in [6.45, 7) is 3.48.